The monoisotopic (exact) mass is 459 g/mol. The number of nitrogens with zero attached hydrogens (tertiary/aromatic N) is 4. The molecule has 154 valence electrons. The topological polar surface area (TPSA) is 126 Å². The van der Waals surface area contributed by atoms with Crippen molar-refractivity contribution in [2.24, 2.45) is 0 Å². The molecule has 0 aliphatic carbocycles. The first-order chi connectivity index (χ1) is 13.9. The van der Waals surface area contributed by atoms with Gasteiger partial charge in [0.15, 0.2) is 23.2 Å². The highest BCUT2D eigenvalue weighted by Crippen LogP contribution is 2.33. The number of aliphatic hydroxyl groups excluding tert-OH is 3. The molecular weight excluding hydrogens is 445 g/mol. The second-order valence-electron chi connectivity index (χ2n) is 6.48. The van der Waals surface area contributed by atoms with Crippen LogP contribution < -0.4 is 5.32 Å². The number of fused-ring (bicyclic) bond motifs is 1. The van der Waals surface area contributed by atoms with Gasteiger partial charge in [0.2, 0.25) is 0 Å². The Morgan fingerprint density at radius 1 is 1.07 bits per heavy atom. The lowest BCUT2D eigenvalue weighted by atomic mass is 10.1. The quantitative estimate of drug-likeness (QED) is 0.456. The Morgan fingerprint density at radius 2 is 1.79 bits per heavy atom. The third kappa shape index (κ3) is 3.75. The molecule has 2 aromatic heterocycles. The largest absolute Gasteiger partial charge is 0.394 e. The van der Waals surface area contributed by atoms with E-state index in [1.54, 1.807) is 12.1 Å². The van der Waals surface area contributed by atoms with Crippen LogP contribution in [-0.2, 0) is 11.3 Å². The minimum atomic E-state index is -1.25. The van der Waals surface area contributed by atoms with Gasteiger partial charge >= 0.3 is 0 Å². The van der Waals surface area contributed by atoms with Crippen molar-refractivity contribution < 1.29 is 20.1 Å². The molecule has 0 amide bonds. The summed E-state index contributed by atoms with van der Waals surface area (Å²) in [6.45, 7) is -0.159. The normalized spacial score (nSPS) is 24.3. The number of aliphatic hydroxyl groups is 3. The first kappa shape index (κ1) is 20.5. The number of anilines is 1. The Labute approximate surface area is 179 Å². The van der Waals surface area contributed by atoms with Crippen LogP contribution in [0.3, 0.4) is 0 Å². The molecule has 0 spiro atoms. The number of ether oxygens (including phenoxy) is 1. The molecule has 29 heavy (non-hydrogen) atoms. The predicted octanol–water partition coefficient (Wildman–Crippen LogP) is 2.01. The second-order valence-corrected chi connectivity index (χ2v) is 7.73. The molecule has 0 saturated carbocycles. The maximum Gasteiger partial charge on any atom is 0.167 e. The van der Waals surface area contributed by atoms with Gasteiger partial charge < -0.3 is 25.4 Å². The highest BCUT2D eigenvalue weighted by atomic mass is 35.5. The molecule has 1 aliphatic heterocycles. The van der Waals surface area contributed by atoms with Crippen molar-refractivity contribution in [3.05, 3.63) is 45.4 Å². The molecule has 1 unspecified atom stereocenters. The zero-order chi connectivity index (χ0) is 20.7. The molecule has 3 aromatic rings. The van der Waals surface area contributed by atoms with Crippen molar-refractivity contribution in [3.63, 3.8) is 0 Å². The summed E-state index contributed by atoms with van der Waals surface area (Å²) in [5.41, 5.74) is 1.45. The minimum Gasteiger partial charge on any atom is -0.394 e. The molecule has 0 radical (unpaired) electrons. The van der Waals surface area contributed by atoms with Crippen molar-refractivity contribution >= 4 is 51.8 Å². The van der Waals surface area contributed by atoms with Crippen LogP contribution in [-0.4, -0.2) is 59.8 Å². The molecule has 0 bridgehead atoms. The predicted molar refractivity (Wildman–Crippen MR) is 107 cm³/mol. The van der Waals surface area contributed by atoms with Crippen LogP contribution >= 0.6 is 34.8 Å². The van der Waals surface area contributed by atoms with E-state index < -0.39 is 31.1 Å². The lowest BCUT2D eigenvalue weighted by Gasteiger charge is -2.16. The molecular formula is C17H16Cl3N5O4. The van der Waals surface area contributed by atoms with Crippen molar-refractivity contribution in [1.82, 2.24) is 19.5 Å². The van der Waals surface area contributed by atoms with Gasteiger partial charge in [-0.2, -0.15) is 0 Å². The van der Waals surface area contributed by atoms with E-state index in [0.29, 0.717) is 37.6 Å². The van der Waals surface area contributed by atoms with Crippen molar-refractivity contribution in [2.45, 2.75) is 31.1 Å². The van der Waals surface area contributed by atoms with Crippen molar-refractivity contribution in [2.75, 3.05) is 11.9 Å². The third-order valence-corrected chi connectivity index (χ3v) is 5.58. The average Bonchev–Trinajstić information content (AvgIpc) is 3.23. The van der Waals surface area contributed by atoms with Crippen molar-refractivity contribution in [3.8, 4) is 0 Å². The number of rotatable bonds is 5. The van der Waals surface area contributed by atoms with Gasteiger partial charge in [0.25, 0.3) is 0 Å². The standard InChI is InChI=1S/C17H16Cl3N5O4/c18-7-1-9(19)8(10(20)2-7)3-21-15-12-16(23-5-22-15)25(6-24-12)17-14(28)13(27)11(4-26)29-17/h1-2,5-6,11,13-14,17,26-28H,3-4H2,(H,21,22,23)/t11-,13-,14-,17?/m1/s1. The highest BCUT2D eigenvalue weighted by Gasteiger charge is 2.44. The fourth-order valence-electron chi connectivity index (χ4n) is 3.19. The Balaban J connectivity index is 1.62. The van der Waals surface area contributed by atoms with Gasteiger partial charge in [-0.1, -0.05) is 34.8 Å². The molecule has 9 nitrogen and oxygen atoms in total. The fourth-order valence-corrected chi connectivity index (χ4v) is 4.14. The molecule has 4 atom stereocenters. The summed E-state index contributed by atoms with van der Waals surface area (Å²) >= 11 is 18.4. The van der Waals surface area contributed by atoms with Gasteiger partial charge in [-0.25, -0.2) is 15.0 Å². The molecule has 1 aliphatic rings. The number of benzene rings is 1. The summed E-state index contributed by atoms with van der Waals surface area (Å²) in [6, 6.07) is 3.19. The summed E-state index contributed by atoms with van der Waals surface area (Å²) in [6.07, 6.45) is -1.57. The third-order valence-electron chi connectivity index (χ3n) is 4.69. The summed E-state index contributed by atoms with van der Waals surface area (Å²) in [7, 11) is 0. The van der Waals surface area contributed by atoms with Gasteiger partial charge in [0.05, 0.1) is 12.9 Å². The molecule has 12 heteroatoms. The zero-order valence-corrected chi connectivity index (χ0v) is 17.0. The zero-order valence-electron chi connectivity index (χ0n) is 14.7. The molecule has 4 rings (SSSR count). The molecule has 1 fully saturated rings. The van der Waals surface area contributed by atoms with Gasteiger partial charge in [-0.05, 0) is 12.1 Å². The molecule has 1 saturated heterocycles. The van der Waals surface area contributed by atoms with E-state index in [0.717, 1.165) is 0 Å². The molecule has 1 aromatic carbocycles. The lowest BCUT2D eigenvalue weighted by molar-refractivity contribution is -0.0511. The smallest absolute Gasteiger partial charge is 0.167 e. The Kier molecular flexibility index (Phi) is 5.80. The molecule has 3 heterocycles. The maximum absolute atomic E-state index is 10.3. The highest BCUT2D eigenvalue weighted by molar-refractivity contribution is 6.39. The van der Waals surface area contributed by atoms with Crippen LogP contribution in [0.1, 0.15) is 11.8 Å². The lowest BCUT2D eigenvalue weighted by Crippen LogP contribution is -2.33. The number of hydrogen-bond acceptors (Lipinski definition) is 8. The number of aromatic nitrogens is 4. The first-order valence-electron chi connectivity index (χ1n) is 8.58. The summed E-state index contributed by atoms with van der Waals surface area (Å²) in [4.78, 5) is 12.7. The van der Waals surface area contributed by atoms with E-state index in [4.69, 9.17) is 39.5 Å². The summed E-state index contributed by atoms with van der Waals surface area (Å²) in [5.74, 6) is 0.419. The van der Waals surface area contributed by atoms with E-state index >= 15 is 0 Å². The van der Waals surface area contributed by atoms with Crippen LogP contribution in [0.2, 0.25) is 15.1 Å². The van der Waals surface area contributed by atoms with Crippen molar-refractivity contribution in [1.29, 1.82) is 0 Å². The Morgan fingerprint density at radius 3 is 2.45 bits per heavy atom. The number of halogens is 3. The van der Waals surface area contributed by atoms with E-state index in [9.17, 15) is 15.3 Å². The van der Waals surface area contributed by atoms with Crippen LogP contribution in [0.15, 0.2) is 24.8 Å². The Bertz CT molecular complexity index is 1030. The fraction of sp³-hybridized carbons (Fsp3) is 0.353. The summed E-state index contributed by atoms with van der Waals surface area (Å²) in [5, 5.41) is 33.9. The van der Waals surface area contributed by atoms with Gasteiger partial charge in [-0.15, -0.1) is 0 Å². The number of hydrogen-bond donors (Lipinski definition) is 4. The van der Waals surface area contributed by atoms with E-state index in [-0.39, 0.29) is 6.54 Å². The van der Waals surface area contributed by atoms with Crippen LogP contribution in [0.4, 0.5) is 5.82 Å². The van der Waals surface area contributed by atoms with Crippen LogP contribution in [0.25, 0.3) is 11.2 Å². The first-order valence-corrected chi connectivity index (χ1v) is 9.71. The molecule has 4 N–H and O–H groups in total. The van der Waals surface area contributed by atoms with Crippen LogP contribution in [0.5, 0.6) is 0 Å². The van der Waals surface area contributed by atoms with E-state index in [1.165, 1.54) is 17.2 Å². The number of nitrogens with one attached hydrogen (secondary N) is 1. The average molecular weight is 461 g/mol. The summed E-state index contributed by atoms with van der Waals surface area (Å²) < 4.78 is 7.02. The SMILES string of the molecule is OC[C@H]1OC(n2cnc3c(NCc4c(Cl)cc(Cl)cc4Cl)ncnc32)[C@H](O)[C@@H]1O. The van der Waals surface area contributed by atoms with Gasteiger partial charge in [0, 0.05) is 27.2 Å². The minimum absolute atomic E-state index is 0.266. The van der Waals surface area contributed by atoms with Crippen LogP contribution in [0, 0.1) is 0 Å². The second kappa shape index (κ2) is 8.19. The Hall–Kier alpha value is -1.72. The van der Waals surface area contributed by atoms with E-state index in [2.05, 4.69) is 20.3 Å². The van der Waals surface area contributed by atoms with Gasteiger partial charge in [-0.3, -0.25) is 4.57 Å². The van der Waals surface area contributed by atoms with E-state index in [1.807, 2.05) is 0 Å². The number of imidazole rings is 1. The van der Waals surface area contributed by atoms with Gasteiger partial charge in [0.1, 0.15) is 24.6 Å². The maximum atomic E-state index is 10.3.